The molecular weight excluding hydrogens is 222 g/mol. The van der Waals surface area contributed by atoms with Crippen LogP contribution in [0.5, 0.6) is 5.75 Å². The molecule has 2 rings (SSSR count). The average molecular weight is 247 g/mol. The normalized spacial score (nSPS) is 17.9. The van der Waals surface area contributed by atoms with E-state index in [0.29, 0.717) is 0 Å². The highest BCUT2D eigenvalue weighted by atomic mass is 16.5. The lowest BCUT2D eigenvalue weighted by atomic mass is 10.0. The summed E-state index contributed by atoms with van der Waals surface area (Å²) in [5.74, 6) is 1.86. The molecule has 2 heteroatoms. The summed E-state index contributed by atoms with van der Waals surface area (Å²) in [6.45, 7) is 4.93. The Hall–Kier alpha value is -1.02. The second-order valence-electron chi connectivity index (χ2n) is 5.62. The van der Waals surface area contributed by atoms with E-state index in [9.17, 15) is 0 Å². The fraction of sp³-hybridized carbons (Fsp3) is 0.625. The van der Waals surface area contributed by atoms with E-state index in [1.165, 1.54) is 37.7 Å². The summed E-state index contributed by atoms with van der Waals surface area (Å²) in [5, 5.41) is 0. The summed E-state index contributed by atoms with van der Waals surface area (Å²) < 4.78 is 5.96. The molecule has 0 amide bonds. The van der Waals surface area contributed by atoms with E-state index in [0.717, 1.165) is 23.8 Å². The molecule has 0 bridgehead atoms. The number of ether oxygens (including phenoxy) is 1. The Kier molecular flexibility index (Phi) is 4.65. The Bertz CT molecular complexity index is 381. The monoisotopic (exact) mass is 247 g/mol. The predicted molar refractivity (Wildman–Crippen MR) is 75.9 cm³/mol. The standard InChI is InChI=1S/C16H25NO/c1-12-7-8-15(13(2)17)16(11-12)18-10-9-14-5-3-4-6-14/h7-8,11,13-14H,3-6,9-10,17H2,1-2H3/t13-/m0/s1. The van der Waals surface area contributed by atoms with E-state index in [-0.39, 0.29) is 6.04 Å². The second kappa shape index (κ2) is 6.24. The average Bonchev–Trinajstić information content (AvgIpc) is 2.82. The lowest BCUT2D eigenvalue weighted by Crippen LogP contribution is -2.10. The molecule has 1 atom stereocenters. The largest absolute Gasteiger partial charge is 0.493 e. The van der Waals surface area contributed by atoms with Gasteiger partial charge in [-0.05, 0) is 37.8 Å². The molecule has 1 aromatic rings. The highest BCUT2D eigenvalue weighted by Gasteiger charge is 2.15. The molecule has 1 aliphatic carbocycles. The first-order valence-corrected chi connectivity index (χ1v) is 7.15. The predicted octanol–water partition coefficient (Wildman–Crippen LogP) is 3.97. The van der Waals surface area contributed by atoms with Crippen LogP contribution in [0, 0.1) is 12.8 Å². The molecule has 0 aromatic heterocycles. The Morgan fingerprint density at radius 1 is 1.33 bits per heavy atom. The quantitative estimate of drug-likeness (QED) is 0.854. The van der Waals surface area contributed by atoms with Gasteiger partial charge in [-0.3, -0.25) is 0 Å². The number of hydrogen-bond donors (Lipinski definition) is 1. The molecule has 0 unspecified atom stereocenters. The van der Waals surface area contributed by atoms with Crippen LogP contribution >= 0.6 is 0 Å². The summed E-state index contributed by atoms with van der Waals surface area (Å²) in [6, 6.07) is 6.33. The zero-order chi connectivity index (χ0) is 13.0. The van der Waals surface area contributed by atoms with E-state index >= 15 is 0 Å². The van der Waals surface area contributed by atoms with E-state index in [1.54, 1.807) is 0 Å². The van der Waals surface area contributed by atoms with E-state index in [4.69, 9.17) is 10.5 Å². The number of aryl methyl sites for hydroxylation is 1. The summed E-state index contributed by atoms with van der Waals surface area (Å²) in [5.41, 5.74) is 8.33. The molecule has 0 heterocycles. The first-order valence-electron chi connectivity index (χ1n) is 7.15. The van der Waals surface area contributed by atoms with Gasteiger partial charge in [0.15, 0.2) is 0 Å². The van der Waals surface area contributed by atoms with Crippen molar-refractivity contribution in [3.8, 4) is 5.75 Å². The van der Waals surface area contributed by atoms with Crippen molar-refractivity contribution < 1.29 is 4.74 Å². The van der Waals surface area contributed by atoms with Crippen molar-refractivity contribution in [1.82, 2.24) is 0 Å². The van der Waals surface area contributed by atoms with Gasteiger partial charge in [-0.2, -0.15) is 0 Å². The molecule has 1 aliphatic rings. The fourth-order valence-electron chi connectivity index (χ4n) is 2.78. The van der Waals surface area contributed by atoms with Gasteiger partial charge in [0.1, 0.15) is 5.75 Å². The van der Waals surface area contributed by atoms with E-state index in [1.807, 2.05) is 6.92 Å². The van der Waals surface area contributed by atoms with E-state index in [2.05, 4.69) is 25.1 Å². The lowest BCUT2D eigenvalue weighted by Gasteiger charge is -2.16. The van der Waals surface area contributed by atoms with Gasteiger partial charge in [-0.1, -0.05) is 37.8 Å². The molecule has 0 saturated heterocycles. The first kappa shape index (κ1) is 13.4. The Morgan fingerprint density at radius 2 is 2.06 bits per heavy atom. The fourth-order valence-corrected chi connectivity index (χ4v) is 2.78. The Morgan fingerprint density at radius 3 is 2.72 bits per heavy atom. The topological polar surface area (TPSA) is 35.2 Å². The molecule has 1 fully saturated rings. The first-order chi connectivity index (χ1) is 8.66. The van der Waals surface area contributed by atoms with Gasteiger partial charge >= 0.3 is 0 Å². The molecule has 100 valence electrons. The van der Waals surface area contributed by atoms with Gasteiger partial charge < -0.3 is 10.5 Å². The van der Waals surface area contributed by atoms with Crippen LogP contribution in [0.3, 0.4) is 0 Å². The summed E-state index contributed by atoms with van der Waals surface area (Å²) in [6.07, 6.45) is 6.77. The van der Waals surface area contributed by atoms with Gasteiger partial charge in [0.05, 0.1) is 6.61 Å². The van der Waals surface area contributed by atoms with Crippen LogP contribution in [0.1, 0.15) is 56.2 Å². The minimum absolute atomic E-state index is 0.0343. The molecule has 1 aromatic carbocycles. The minimum atomic E-state index is 0.0343. The third-order valence-electron chi connectivity index (χ3n) is 3.92. The zero-order valence-corrected chi connectivity index (χ0v) is 11.6. The molecule has 0 aliphatic heterocycles. The summed E-state index contributed by atoms with van der Waals surface area (Å²) in [7, 11) is 0. The molecule has 0 spiro atoms. The van der Waals surface area contributed by atoms with Crippen LogP contribution < -0.4 is 10.5 Å². The molecule has 2 nitrogen and oxygen atoms in total. The van der Waals surface area contributed by atoms with Crippen LogP contribution in [0.2, 0.25) is 0 Å². The van der Waals surface area contributed by atoms with Crippen LogP contribution in [-0.4, -0.2) is 6.61 Å². The van der Waals surface area contributed by atoms with Crippen LogP contribution in [0.25, 0.3) is 0 Å². The highest BCUT2D eigenvalue weighted by Crippen LogP contribution is 2.29. The number of hydrogen-bond acceptors (Lipinski definition) is 2. The number of nitrogens with two attached hydrogens (primary N) is 1. The Balaban J connectivity index is 1.92. The van der Waals surface area contributed by atoms with Crippen molar-refractivity contribution in [2.75, 3.05) is 6.61 Å². The van der Waals surface area contributed by atoms with Crippen molar-refractivity contribution in [1.29, 1.82) is 0 Å². The number of rotatable bonds is 5. The molecule has 18 heavy (non-hydrogen) atoms. The zero-order valence-electron chi connectivity index (χ0n) is 11.6. The maximum absolute atomic E-state index is 5.98. The van der Waals surface area contributed by atoms with Gasteiger partial charge in [-0.15, -0.1) is 0 Å². The molecule has 0 radical (unpaired) electrons. The maximum Gasteiger partial charge on any atom is 0.124 e. The number of benzene rings is 1. The van der Waals surface area contributed by atoms with Gasteiger partial charge in [-0.25, -0.2) is 0 Å². The third-order valence-corrected chi connectivity index (χ3v) is 3.92. The minimum Gasteiger partial charge on any atom is -0.493 e. The van der Waals surface area contributed by atoms with Crippen LogP contribution in [0.4, 0.5) is 0 Å². The van der Waals surface area contributed by atoms with Gasteiger partial charge in [0.25, 0.3) is 0 Å². The van der Waals surface area contributed by atoms with E-state index < -0.39 is 0 Å². The van der Waals surface area contributed by atoms with Gasteiger partial charge in [0.2, 0.25) is 0 Å². The summed E-state index contributed by atoms with van der Waals surface area (Å²) >= 11 is 0. The Labute approximate surface area is 111 Å². The van der Waals surface area contributed by atoms with Crippen molar-refractivity contribution >= 4 is 0 Å². The van der Waals surface area contributed by atoms with Crippen molar-refractivity contribution in [2.24, 2.45) is 11.7 Å². The van der Waals surface area contributed by atoms with Crippen molar-refractivity contribution in [2.45, 2.75) is 52.0 Å². The van der Waals surface area contributed by atoms with Crippen molar-refractivity contribution in [3.63, 3.8) is 0 Å². The third kappa shape index (κ3) is 3.49. The van der Waals surface area contributed by atoms with Crippen LogP contribution in [0.15, 0.2) is 18.2 Å². The lowest BCUT2D eigenvalue weighted by molar-refractivity contribution is 0.275. The highest BCUT2D eigenvalue weighted by molar-refractivity contribution is 5.38. The maximum atomic E-state index is 5.98. The smallest absolute Gasteiger partial charge is 0.124 e. The summed E-state index contributed by atoms with van der Waals surface area (Å²) in [4.78, 5) is 0. The molecular formula is C16H25NO. The van der Waals surface area contributed by atoms with Crippen LogP contribution in [-0.2, 0) is 0 Å². The molecule has 2 N–H and O–H groups in total. The SMILES string of the molecule is Cc1ccc([C@H](C)N)c(OCCC2CCCC2)c1. The van der Waals surface area contributed by atoms with Gasteiger partial charge in [0, 0.05) is 11.6 Å². The second-order valence-corrected chi connectivity index (χ2v) is 5.62. The molecule has 1 saturated carbocycles. The van der Waals surface area contributed by atoms with Crippen molar-refractivity contribution in [3.05, 3.63) is 29.3 Å².